The van der Waals surface area contributed by atoms with Crippen LogP contribution in [0.25, 0.3) is 0 Å². The minimum absolute atomic E-state index is 0.299. The Hall–Kier alpha value is -1.10. The van der Waals surface area contributed by atoms with Crippen LogP contribution in [0.4, 0.5) is 0 Å². The topological polar surface area (TPSA) is 69.6 Å². The van der Waals surface area contributed by atoms with Gasteiger partial charge < -0.3 is 15.3 Å². The van der Waals surface area contributed by atoms with Gasteiger partial charge in [0.05, 0.1) is 0 Å². The molecule has 0 spiro atoms. The number of amides is 1. The van der Waals surface area contributed by atoms with Crippen molar-refractivity contribution in [1.82, 2.24) is 10.2 Å². The summed E-state index contributed by atoms with van der Waals surface area (Å²) >= 11 is 0. The summed E-state index contributed by atoms with van der Waals surface area (Å²) in [5, 5.41) is 11.6. The molecule has 5 nitrogen and oxygen atoms in total. The van der Waals surface area contributed by atoms with E-state index in [4.69, 9.17) is 5.11 Å². The van der Waals surface area contributed by atoms with Crippen LogP contribution in [0, 0.1) is 5.92 Å². The van der Waals surface area contributed by atoms with E-state index in [1.165, 1.54) is 26.2 Å². The Kier molecular flexibility index (Phi) is 5.59. The molecule has 3 unspecified atom stereocenters. The van der Waals surface area contributed by atoms with Crippen LogP contribution in [0.5, 0.6) is 0 Å². The van der Waals surface area contributed by atoms with Gasteiger partial charge >= 0.3 is 5.97 Å². The quantitative estimate of drug-likeness (QED) is 0.772. The molecule has 0 aromatic carbocycles. The lowest BCUT2D eigenvalue weighted by molar-refractivity contribution is -0.142. The molecule has 1 amide bonds. The van der Waals surface area contributed by atoms with Crippen molar-refractivity contribution in [3.05, 3.63) is 0 Å². The Morgan fingerprint density at radius 3 is 2.50 bits per heavy atom. The zero-order valence-electron chi connectivity index (χ0n) is 11.5. The van der Waals surface area contributed by atoms with Crippen molar-refractivity contribution < 1.29 is 14.7 Å². The van der Waals surface area contributed by atoms with Gasteiger partial charge in [-0.15, -0.1) is 0 Å². The van der Waals surface area contributed by atoms with Gasteiger partial charge in [0.25, 0.3) is 0 Å². The van der Waals surface area contributed by atoms with Crippen molar-refractivity contribution in [1.29, 1.82) is 0 Å². The molecule has 3 atom stereocenters. The number of carbonyl (C=O) groups excluding carboxylic acids is 1. The normalized spacial score (nSPS) is 25.8. The van der Waals surface area contributed by atoms with Gasteiger partial charge in [-0.3, -0.25) is 4.79 Å². The molecule has 0 radical (unpaired) electrons. The second-order valence-electron chi connectivity index (χ2n) is 5.36. The summed E-state index contributed by atoms with van der Waals surface area (Å²) in [4.78, 5) is 24.2. The maximum Gasteiger partial charge on any atom is 0.327 e. The Bertz CT molecular complexity index is 307. The summed E-state index contributed by atoms with van der Waals surface area (Å²) in [7, 11) is 1.95. The van der Waals surface area contributed by atoms with Gasteiger partial charge in [-0.2, -0.15) is 0 Å². The second-order valence-corrected chi connectivity index (χ2v) is 5.36. The van der Waals surface area contributed by atoms with Crippen molar-refractivity contribution in [3.8, 4) is 0 Å². The van der Waals surface area contributed by atoms with Crippen LogP contribution < -0.4 is 5.32 Å². The first-order chi connectivity index (χ1) is 8.41. The van der Waals surface area contributed by atoms with Gasteiger partial charge in [0.15, 0.2) is 0 Å². The summed E-state index contributed by atoms with van der Waals surface area (Å²) in [6.07, 6.45) is 4.79. The molecule has 18 heavy (non-hydrogen) atoms. The predicted octanol–water partition coefficient (Wildman–Crippen LogP) is 1.09. The molecule has 0 aromatic heterocycles. The number of nitrogens with one attached hydrogen (secondary N) is 1. The van der Waals surface area contributed by atoms with E-state index in [2.05, 4.69) is 17.1 Å². The molecule has 0 saturated heterocycles. The monoisotopic (exact) mass is 256 g/mol. The third-order valence-electron chi connectivity index (χ3n) is 3.78. The minimum atomic E-state index is -0.972. The van der Waals surface area contributed by atoms with E-state index < -0.39 is 12.0 Å². The Morgan fingerprint density at radius 2 is 2.00 bits per heavy atom. The third-order valence-corrected chi connectivity index (χ3v) is 3.78. The predicted molar refractivity (Wildman–Crippen MR) is 69.3 cm³/mol. The summed E-state index contributed by atoms with van der Waals surface area (Å²) in [6, 6.07) is -0.393. The molecule has 0 aliphatic heterocycles. The highest BCUT2D eigenvalue weighted by Crippen LogP contribution is 2.27. The minimum Gasteiger partial charge on any atom is -0.480 e. The van der Waals surface area contributed by atoms with Crippen molar-refractivity contribution in [2.45, 2.75) is 51.6 Å². The van der Waals surface area contributed by atoms with E-state index in [-0.39, 0.29) is 5.91 Å². The highest BCUT2D eigenvalue weighted by molar-refractivity contribution is 5.82. The average molecular weight is 256 g/mol. The van der Waals surface area contributed by atoms with Gasteiger partial charge in [0, 0.05) is 19.5 Å². The zero-order valence-corrected chi connectivity index (χ0v) is 11.5. The van der Waals surface area contributed by atoms with Crippen LogP contribution in [-0.4, -0.2) is 47.6 Å². The Balaban J connectivity index is 2.56. The summed E-state index contributed by atoms with van der Waals surface area (Å²) in [5.74, 6) is -0.677. The van der Waals surface area contributed by atoms with Crippen molar-refractivity contribution >= 4 is 11.9 Å². The largest absolute Gasteiger partial charge is 0.480 e. The van der Waals surface area contributed by atoms with Gasteiger partial charge in [-0.1, -0.05) is 19.8 Å². The van der Waals surface area contributed by atoms with Crippen LogP contribution in [-0.2, 0) is 9.59 Å². The first-order valence-corrected chi connectivity index (χ1v) is 6.62. The lowest BCUT2D eigenvalue weighted by Crippen LogP contribution is -2.50. The van der Waals surface area contributed by atoms with Crippen LogP contribution in [0.15, 0.2) is 0 Å². The molecule has 1 aliphatic rings. The number of hydrogen-bond acceptors (Lipinski definition) is 3. The summed E-state index contributed by atoms with van der Waals surface area (Å²) in [5.41, 5.74) is 0. The van der Waals surface area contributed by atoms with Crippen LogP contribution in [0.2, 0.25) is 0 Å². The molecule has 104 valence electrons. The molecular formula is C13H24N2O3. The summed E-state index contributed by atoms with van der Waals surface area (Å²) in [6.45, 7) is 3.93. The van der Waals surface area contributed by atoms with Gasteiger partial charge in [0.1, 0.15) is 6.04 Å². The van der Waals surface area contributed by atoms with Crippen molar-refractivity contribution in [2.75, 3.05) is 13.6 Å². The average Bonchev–Trinajstić information content (AvgIpc) is 2.27. The highest BCUT2D eigenvalue weighted by atomic mass is 16.4. The first-order valence-electron chi connectivity index (χ1n) is 6.62. The maximum atomic E-state index is 11.1. The molecule has 1 rings (SSSR count). The molecule has 1 aliphatic carbocycles. The molecule has 0 aromatic rings. The third kappa shape index (κ3) is 4.29. The highest BCUT2D eigenvalue weighted by Gasteiger charge is 2.28. The van der Waals surface area contributed by atoms with Gasteiger partial charge in [-0.05, 0) is 25.8 Å². The number of aliphatic carboxylic acids is 1. The molecule has 2 N–H and O–H groups in total. The zero-order chi connectivity index (χ0) is 13.7. The number of likely N-dealkylation sites (N-methyl/N-ethyl adjacent to an activating group) is 1. The molecular weight excluding hydrogens is 232 g/mol. The van der Waals surface area contributed by atoms with E-state index in [1.54, 1.807) is 0 Å². The Labute approximate surface area is 109 Å². The fourth-order valence-electron chi connectivity index (χ4n) is 2.81. The van der Waals surface area contributed by atoms with E-state index in [0.717, 1.165) is 6.42 Å². The van der Waals surface area contributed by atoms with Crippen LogP contribution >= 0.6 is 0 Å². The fraction of sp³-hybridized carbons (Fsp3) is 0.846. The summed E-state index contributed by atoms with van der Waals surface area (Å²) < 4.78 is 0. The molecule has 0 heterocycles. The number of carboxylic acid groups (broad SMARTS) is 1. The SMILES string of the molecule is CC(=O)NC(CN(C)C1CCCCC1C)C(=O)O. The molecule has 1 saturated carbocycles. The fourth-order valence-corrected chi connectivity index (χ4v) is 2.81. The van der Waals surface area contributed by atoms with E-state index in [9.17, 15) is 9.59 Å². The van der Waals surface area contributed by atoms with E-state index in [0.29, 0.717) is 18.5 Å². The van der Waals surface area contributed by atoms with Gasteiger partial charge in [0.2, 0.25) is 5.91 Å². The molecule has 0 bridgehead atoms. The number of rotatable bonds is 5. The molecule has 5 heteroatoms. The number of carbonyl (C=O) groups is 2. The second kappa shape index (κ2) is 6.73. The molecule has 1 fully saturated rings. The smallest absolute Gasteiger partial charge is 0.327 e. The van der Waals surface area contributed by atoms with Gasteiger partial charge in [-0.25, -0.2) is 4.79 Å². The number of hydrogen-bond donors (Lipinski definition) is 2. The van der Waals surface area contributed by atoms with E-state index in [1.807, 2.05) is 7.05 Å². The van der Waals surface area contributed by atoms with E-state index >= 15 is 0 Å². The lowest BCUT2D eigenvalue weighted by Gasteiger charge is -2.37. The lowest BCUT2D eigenvalue weighted by atomic mass is 9.85. The van der Waals surface area contributed by atoms with Crippen LogP contribution in [0.1, 0.15) is 39.5 Å². The van der Waals surface area contributed by atoms with Crippen molar-refractivity contribution in [2.24, 2.45) is 5.92 Å². The Morgan fingerprint density at radius 1 is 1.39 bits per heavy atom. The standard InChI is InChI=1S/C13H24N2O3/c1-9-6-4-5-7-12(9)15(3)8-11(13(17)18)14-10(2)16/h9,11-12H,4-8H2,1-3H3,(H,14,16)(H,17,18). The number of nitrogens with zero attached hydrogens (tertiary/aromatic N) is 1. The van der Waals surface area contributed by atoms with Crippen molar-refractivity contribution in [3.63, 3.8) is 0 Å². The number of carboxylic acids is 1. The maximum absolute atomic E-state index is 11.1. The first kappa shape index (κ1) is 15.0. The van der Waals surface area contributed by atoms with Crippen LogP contribution in [0.3, 0.4) is 0 Å².